The number of thiophene rings is 1. The van der Waals surface area contributed by atoms with Gasteiger partial charge in [-0.3, -0.25) is 4.90 Å². The zero-order chi connectivity index (χ0) is 17.6. The summed E-state index contributed by atoms with van der Waals surface area (Å²) >= 11 is 1.60. The first-order valence-electron chi connectivity index (χ1n) is 7.77. The largest absolute Gasteiger partial charge is 0.296 e. The van der Waals surface area contributed by atoms with E-state index in [1.165, 1.54) is 12.1 Å². The number of rotatable bonds is 8. The fourth-order valence-electron chi connectivity index (χ4n) is 2.59. The molecular weight excluding hydrogens is 342 g/mol. The molecule has 128 valence electrons. The molecule has 0 radical (unpaired) electrons. The maximum absolute atomic E-state index is 12.5. The molecule has 0 amide bonds. The number of hydrogen-bond donors (Lipinski definition) is 1. The summed E-state index contributed by atoms with van der Waals surface area (Å²) in [6.45, 7) is 6.09. The van der Waals surface area contributed by atoms with E-state index >= 15 is 0 Å². The summed E-state index contributed by atoms with van der Waals surface area (Å²) in [6, 6.07) is 10.0. The number of nitrogens with zero attached hydrogens (tertiary/aromatic N) is 2. The van der Waals surface area contributed by atoms with E-state index in [-0.39, 0.29) is 17.5 Å². The smallest absolute Gasteiger partial charge is 0.240 e. The molecule has 1 heterocycles. The highest BCUT2D eigenvalue weighted by Crippen LogP contribution is 2.23. The summed E-state index contributed by atoms with van der Waals surface area (Å²) in [5.41, 5.74) is 1.44. The van der Waals surface area contributed by atoms with E-state index in [1.807, 2.05) is 22.9 Å². The van der Waals surface area contributed by atoms with Gasteiger partial charge in [-0.2, -0.15) is 16.6 Å². The molecule has 0 aliphatic rings. The second-order valence-corrected chi connectivity index (χ2v) is 7.83. The van der Waals surface area contributed by atoms with E-state index in [9.17, 15) is 8.42 Å². The van der Waals surface area contributed by atoms with Crippen LogP contribution in [0.25, 0.3) is 0 Å². The Hall–Kier alpha value is -1.72. The fourth-order valence-corrected chi connectivity index (χ4v) is 4.38. The quantitative estimate of drug-likeness (QED) is 0.782. The first-order chi connectivity index (χ1) is 11.5. The van der Waals surface area contributed by atoms with E-state index in [0.29, 0.717) is 5.56 Å². The van der Waals surface area contributed by atoms with Gasteiger partial charge in [-0.1, -0.05) is 19.9 Å². The zero-order valence-corrected chi connectivity index (χ0v) is 15.4. The molecule has 0 saturated heterocycles. The third-order valence-electron chi connectivity index (χ3n) is 3.92. The molecule has 7 heteroatoms. The SMILES string of the molecule is CCN(CC)C(CNS(=O)(=O)c1cccc(C#N)c1)c1ccsc1. The Balaban J connectivity index is 2.20. The molecule has 0 bridgehead atoms. The maximum atomic E-state index is 12.5. The Labute approximate surface area is 147 Å². The van der Waals surface area contributed by atoms with Gasteiger partial charge in [0.1, 0.15) is 0 Å². The molecule has 1 N–H and O–H groups in total. The topological polar surface area (TPSA) is 73.2 Å². The summed E-state index contributed by atoms with van der Waals surface area (Å²) in [5, 5.41) is 13.0. The number of nitriles is 1. The zero-order valence-electron chi connectivity index (χ0n) is 13.8. The number of likely N-dealkylation sites (N-methyl/N-ethyl adjacent to an activating group) is 1. The lowest BCUT2D eigenvalue weighted by atomic mass is 10.1. The summed E-state index contributed by atoms with van der Waals surface area (Å²) < 4.78 is 27.8. The molecule has 0 saturated carbocycles. The third kappa shape index (κ3) is 4.42. The van der Waals surface area contributed by atoms with Crippen LogP contribution >= 0.6 is 11.3 Å². The highest BCUT2D eigenvalue weighted by Gasteiger charge is 2.22. The van der Waals surface area contributed by atoms with Crippen LogP contribution < -0.4 is 4.72 Å². The van der Waals surface area contributed by atoms with Gasteiger partial charge in [0.2, 0.25) is 10.0 Å². The van der Waals surface area contributed by atoms with Crippen molar-refractivity contribution in [3.8, 4) is 6.07 Å². The van der Waals surface area contributed by atoms with Gasteiger partial charge in [0.25, 0.3) is 0 Å². The average molecular weight is 364 g/mol. The highest BCUT2D eigenvalue weighted by atomic mass is 32.2. The second kappa shape index (κ2) is 8.40. The van der Waals surface area contributed by atoms with Crippen LogP contribution in [0.15, 0.2) is 46.0 Å². The van der Waals surface area contributed by atoms with Gasteiger partial charge in [0, 0.05) is 12.6 Å². The van der Waals surface area contributed by atoms with Crippen LogP contribution in [0.1, 0.15) is 31.0 Å². The highest BCUT2D eigenvalue weighted by molar-refractivity contribution is 7.89. The molecule has 1 atom stereocenters. The van der Waals surface area contributed by atoms with Crippen LogP contribution in [0.4, 0.5) is 0 Å². The lowest BCUT2D eigenvalue weighted by Crippen LogP contribution is -2.37. The van der Waals surface area contributed by atoms with Crippen molar-refractivity contribution in [3.05, 3.63) is 52.2 Å². The molecule has 1 unspecified atom stereocenters. The monoisotopic (exact) mass is 363 g/mol. The van der Waals surface area contributed by atoms with Crippen LogP contribution in [0, 0.1) is 11.3 Å². The van der Waals surface area contributed by atoms with Gasteiger partial charge < -0.3 is 0 Å². The van der Waals surface area contributed by atoms with Crippen molar-refractivity contribution >= 4 is 21.4 Å². The molecule has 1 aromatic heterocycles. The van der Waals surface area contributed by atoms with E-state index in [0.717, 1.165) is 18.7 Å². The first-order valence-corrected chi connectivity index (χ1v) is 10.2. The van der Waals surface area contributed by atoms with E-state index in [4.69, 9.17) is 5.26 Å². The summed E-state index contributed by atoms with van der Waals surface area (Å²) in [5.74, 6) is 0. The van der Waals surface area contributed by atoms with Crippen molar-refractivity contribution < 1.29 is 8.42 Å². The van der Waals surface area contributed by atoms with E-state index < -0.39 is 10.0 Å². The predicted molar refractivity (Wildman–Crippen MR) is 96.3 cm³/mol. The summed E-state index contributed by atoms with van der Waals surface area (Å²) in [4.78, 5) is 2.33. The minimum Gasteiger partial charge on any atom is -0.296 e. The predicted octanol–water partition coefficient (Wildman–Crippen LogP) is 2.98. The van der Waals surface area contributed by atoms with Crippen molar-refractivity contribution in [2.24, 2.45) is 0 Å². The van der Waals surface area contributed by atoms with Crippen LogP contribution in [0.2, 0.25) is 0 Å². The molecule has 1 aromatic carbocycles. The van der Waals surface area contributed by atoms with Gasteiger partial charge in [-0.05, 0) is 53.7 Å². The standard InChI is InChI=1S/C17H21N3O2S2/c1-3-20(4-2)17(15-8-9-23-13-15)12-19-24(21,22)16-7-5-6-14(10-16)11-18/h5-10,13,17,19H,3-4,12H2,1-2H3. The number of sulfonamides is 1. The van der Waals surface area contributed by atoms with Crippen molar-refractivity contribution in [2.75, 3.05) is 19.6 Å². The lowest BCUT2D eigenvalue weighted by molar-refractivity contribution is 0.220. The van der Waals surface area contributed by atoms with Gasteiger partial charge in [0.15, 0.2) is 0 Å². The van der Waals surface area contributed by atoms with Crippen molar-refractivity contribution in [1.29, 1.82) is 5.26 Å². The molecule has 0 aliphatic heterocycles. The fraction of sp³-hybridized carbons (Fsp3) is 0.353. The molecule has 24 heavy (non-hydrogen) atoms. The molecule has 2 aromatic rings. The van der Waals surface area contributed by atoms with Crippen LogP contribution in [0.3, 0.4) is 0 Å². The second-order valence-electron chi connectivity index (χ2n) is 5.29. The van der Waals surface area contributed by atoms with Gasteiger partial charge in [0.05, 0.1) is 16.5 Å². The Morgan fingerprint density at radius 3 is 2.62 bits per heavy atom. The van der Waals surface area contributed by atoms with E-state index in [1.54, 1.807) is 23.5 Å². The number of benzene rings is 1. The van der Waals surface area contributed by atoms with E-state index in [2.05, 4.69) is 23.5 Å². The molecule has 0 spiro atoms. The summed E-state index contributed by atoms with van der Waals surface area (Å²) in [6.07, 6.45) is 0. The number of nitrogens with one attached hydrogen (secondary N) is 1. The Kier molecular flexibility index (Phi) is 6.52. The van der Waals surface area contributed by atoms with Crippen molar-refractivity contribution in [2.45, 2.75) is 24.8 Å². The number of hydrogen-bond acceptors (Lipinski definition) is 5. The maximum Gasteiger partial charge on any atom is 0.240 e. The van der Waals surface area contributed by atoms with Gasteiger partial charge in [-0.15, -0.1) is 0 Å². The minimum absolute atomic E-state index is 0.0137. The van der Waals surface area contributed by atoms with Crippen molar-refractivity contribution in [3.63, 3.8) is 0 Å². The molecule has 0 fully saturated rings. The third-order valence-corrected chi connectivity index (χ3v) is 6.04. The van der Waals surface area contributed by atoms with Crippen LogP contribution in [-0.2, 0) is 10.0 Å². The van der Waals surface area contributed by atoms with Gasteiger partial charge >= 0.3 is 0 Å². The Morgan fingerprint density at radius 1 is 1.29 bits per heavy atom. The average Bonchev–Trinajstić information content (AvgIpc) is 3.13. The molecule has 0 aliphatic carbocycles. The van der Waals surface area contributed by atoms with Crippen LogP contribution in [0.5, 0.6) is 0 Å². The summed E-state index contributed by atoms with van der Waals surface area (Å²) in [7, 11) is -3.65. The lowest BCUT2D eigenvalue weighted by Gasteiger charge is -2.29. The Bertz CT molecular complexity index is 791. The molecule has 2 rings (SSSR count). The minimum atomic E-state index is -3.65. The Morgan fingerprint density at radius 2 is 2.04 bits per heavy atom. The van der Waals surface area contributed by atoms with Crippen LogP contribution in [-0.4, -0.2) is 33.0 Å². The molecular formula is C17H21N3O2S2. The normalized spacial score (nSPS) is 12.9. The van der Waals surface area contributed by atoms with Crippen molar-refractivity contribution in [1.82, 2.24) is 9.62 Å². The van der Waals surface area contributed by atoms with Gasteiger partial charge in [-0.25, -0.2) is 13.1 Å². The first kappa shape index (κ1) is 18.6. The molecule has 5 nitrogen and oxygen atoms in total.